The first-order valence-electron chi connectivity index (χ1n) is 13.7. The molecule has 2 aromatic carbocycles. The molecule has 6 rings (SSSR count). The molecular weight excluding hydrogens is 497 g/mol. The number of aromatic nitrogens is 3. The van der Waals surface area contributed by atoms with Crippen molar-refractivity contribution < 1.29 is 19.0 Å². The molecule has 0 amide bonds. The first kappa shape index (κ1) is 25.7. The van der Waals surface area contributed by atoms with Crippen molar-refractivity contribution in [2.24, 2.45) is 0 Å². The summed E-state index contributed by atoms with van der Waals surface area (Å²) in [5.74, 6) is 0.0489. The number of phenolic OH excluding ortho intramolecular Hbond substituents is 1. The van der Waals surface area contributed by atoms with Gasteiger partial charge >= 0.3 is 6.01 Å². The highest BCUT2D eigenvalue weighted by molar-refractivity contribution is 5.99. The molecule has 0 saturated carbocycles. The molecule has 2 aliphatic rings. The molecule has 0 bridgehead atoms. The number of hydrogen-bond donors (Lipinski definition) is 1. The van der Waals surface area contributed by atoms with Gasteiger partial charge in [0.15, 0.2) is 5.82 Å². The SMILES string of the molecule is COCCCN(C)c1nc(OCC23CCCN2CCC3)nc2c(F)c(-c3cc(O)cc4ccccc34)ncc12. The summed E-state index contributed by atoms with van der Waals surface area (Å²) in [6.07, 6.45) is 6.92. The molecule has 4 aromatic rings. The molecule has 39 heavy (non-hydrogen) atoms. The van der Waals surface area contributed by atoms with E-state index in [1.165, 1.54) is 0 Å². The summed E-state index contributed by atoms with van der Waals surface area (Å²) in [4.78, 5) is 18.3. The highest BCUT2D eigenvalue weighted by atomic mass is 19.1. The highest BCUT2D eigenvalue weighted by Crippen LogP contribution is 2.40. The lowest BCUT2D eigenvalue weighted by molar-refractivity contribution is 0.108. The number of aromatic hydroxyl groups is 1. The Kier molecular flexibility index (Phi) is 6.95. The molecule has 204 valence electrons. The molecule has 0 aliphatic carbocycles. The van der Waals surface area contributed by atoms with Crippen LogP contribution in [-0.2, 0) is 4.74 Å². The standard InChI is InChI=1S/C30H34FN5O3/c1-35(12-7-15-38-2)28-24-18-32-26(23-17-21(37)16-20-8-3-4-9-22(20)23)25(31)27(24)33-29(34-28)39-19-30-10-5-13-36(30)14-6-11-30/h3-4,8-9,16-18,37H,5-7,10-15,19H2,1-2H3. The molecule has 8 nitrogen and oxygen atoms in total. The van der Waals surface area contributed by atoms with E-state index >= 15 is 4.39 Å². The lowest BCUT2D eigenvalue weighted by atomic mass is 9.95. The Morgan fingerprint density at radius 1 is 1.10 bits per heavy atom. The third kappa shape index (κ3) is 4.74. The van der Waals surface area contributed by atoms with Crippen LogP contribution in [0.25, 0.3) is 32.9 Å². The van der Waals surface area contributed by atoms with Gasteiger partial charge in [-0.1, -0.05) is 24.3 Å². The Bertz CT molecular complexity index is 1500. The lowest BCUT2D eigenvalue weighted by Crippen LogP contribution is -2.43. The van der Waals surface area contributed by atoms with Crippen molar-refractivity contribution in [3.63, 3.8) is 0 Å². The quantitative estimate of drug-likeness (QED) is 0.296. The third-order valence-electron chi connectivity index (χ3n) is 8.23. The zero-order chi connectivity index (χ0) is 27.0. The Hall–Kier alpha value is -3.56. The number of pyridine rings is 1. The zero-order valence-corrected chi connectivity index (χ0v) is 22.5. The predicted octanol–water partition coefficient (Wildman–Crippen LogP) is 5.17. The van der Waals surface area contributed by atoms with Crippen LogP contribution in [0.4, 0.5) is 10.2 Å². The summed E-state index contributed by atoms with van der Waals surface area (Å²) in [5, 5.41) is 12.5. The van der Waals surface area contributed by atoms with Gasteiger partial charge < -0.3 is 19.5 Å². The summed E-state index contributed by atoms with van der Waals surface area (Å²) in [6.45, 7) is 3.95. The lowest BCUT2D eigenvalue weighted by Gasteiger charge is -2.31. The highest BCUT2D eigenvalue weighted by Gasteiger charge is 2.45. The molecule has 0 spiro atoms. The number of anilines is 1. The fourth-order valence-electron chi connectivity index (χ4n) is 6.27. The maximum absolute atomic E-state index is 16.4. The van der Waals surface area contributed by atoms with Crippen molar-refractivity contribution in [3.8, 4) is 23.0 Å². The monoisotopic (exact) mass is 531 g/mol. The van der Waals surface area contributed by atoms with E-state index in [-0.39, 0.29) is 28.5 Å². The van der Waals surface area contributed by atoms with Crippen LogP contribution >= 0.6 is 0 Å². The number of hydrogen-bond acceptors (Lipinski definition) is 8. The smallest absolute Gasteiger partial charge is 0.319 e. The minimum Gasteiger partial charge on any atom is -0.508 e. The van der Waals surface area contributed by atoms with E-state index in [0.29, 0.717) is 36.5 Å². The minimum atomic E-state index is -0.566. The van der Waals surface area contributed by atoms with Gasteiger partial charge in [0.2, 0.25) is 0 Å². The van der Waals surface area contributed by atoms with E-state index in [1.807, 2.05) is 36.2 Å². The summed E-state index contributed by atoms with van der Waals surface area (Å²) in [7, 11) is 3.59. The summed E-state index contributed by atoms with van der Waals surface area (Å²) < 4.78 is 27.9. The number of halogens is 1. The van der Waals surface area contributed by atoms with Gasteiger partial charge in [-0.3, -0.25) is 9.88 Å². The van der Waals surface area contributed by atoms with E-state index in [9.17, 15) is 5.11 Å². The molecule has 0 radical (unpaired) electrons. The van der Waals surface area contributed by atoms with Crippen molar-refractivity contribution >= 4 is 27.5 Å². The van der Waals surface area contributed by atoms with Gasteiger partial charge in [-0.25, -0.2) is 4.39 Å². The second kappa shape index (κ2) is 10.5. The average Bonchev–Trinajstić information content (AvgIpc) is 3.52. The van der Waals surface area contributed by atoms with Crippen LogP contribution in [-0.4, -0.2) is 77.5 Å². The van der Waals surface area contributed by atoms with Gasteiger partial charge in [0.1, 0.15) is 29.4 Å². The van der Waals surface area contributed by atoms with Crippen molar-refractivity contribution in [1.29, 1.82) is 0 Å². The van der Waals surface area contributed by atoms with E-state index in [1.54, 1.807) is 25.4 Å². The Balaban J connectivity index is 1.44. The van der Waals surface area contributed by atoms with Crippen LogP contribution < -0.4 is 9.64 Å². The van der Waals surface area contributed by atoms with Crippen molar-refractivity contribution in [2.75, 3.05) is 51.9 Å². The normalized spacial score (nSPS) is 16.7. The van der Waals surface area contributed by atoms with E-state index in [4.69, 9.17) is 14.5 Å². The third-order valence-corrected chi connectivity index (χ3v) is 8.23. The number of methoxy groups -OCH3 is 1. The number of benzene rings is 2. The van der Waals surface area contributed by atoms with Gasteiger partial charge in [0, 0.05) is 39.1 Å². The van der Waals surface area contributed by atoms with Gasteiger partial charge in [-0.2, -0.15) is 9.97 Å². The molecule has 2 saturated heterocycles. The van der Waals surface area contributed by atoms with Gasteiger partial charge in [-0.05, 0) is 68.1 Å². The first-order chi connectivity index (χ1) is 19.0. The van der Waals surface area contributed by atoms with Crippen LogP contribution in [0.1, 0.15) is 32.1 Å². The maximum atomic E-state index is 16.4. The second-order valence-electron chi connectivity index (χ2n) is 10.7. The summed E-state index contributed by atoms with van der Waals surface area (Å²) >= 11 is 0. The molecule has 0 atom stereocenters. The number of fused-ring (bicyclic) bond motifs is 3. The van der Waals surface area contributed by atoms with Crippen LogP contribution in [0.2, 0.25) is 0 Å². The molecular formula is C30H34FN5O3. The molecule has 4 heterocycles. The predicted molar refractivity (Wildman–Crippen MR) is 150 cm³/mol. The summed E-state index contributed by atoms with van der Waals surface area (Å²) in [6, 6.07) is 10.9. The van der Waals surface area contributed by atoms with E-state index in [0.717, 1.165) is 56.0 Å². The molecule has 1 N–H and O–H groups in total. The average molecular weight is 532 g/mol. The van der Waals surface area contributed by atoms with Crippen molar-refractivity contribution in [1.82, 2.24) is 19.9 Å². The fourth-order valence-corrected chi connectivity index (χ4v) is 6.27. The largest absolute Gasteiger partial charge is 0.508 e. The zero-order valence-electron chi connectivity index (χ0n) is 22.5. The molecule has 9 heteroatoms. The second-order valence-corrected chi connectivity index (χ2v) is 10.7. The molecule has 2 fully saturated rings. The van der Waals surface area contributed by atoms with Crippen LogP contribution in [0.15, 0.2) is 42.6 Å². The van der Waals surface area contributed by atoms with Crippen LogP contribution in [0, 0.1) is 5.82 Å². The Morgan fingerprint density at radius 2 is 1.90 bits per heavy atom. The number of nitrogens with zero attached hydrogens (tertiary/aromatic N) is 5. The molecule has 0 unspecified atom stereocenters. The Labute approximate surface area is 227 Å². The maximum Gasteiger partial charge on any atom is 0.319 e. The molecule has 2 aliphatic heterocycles. The van der Waals surface area contributed by atoms with Gasteiger partial charge in [0.05, 0.1) is 10.9 Å². The van der Waals surface area contributed by atoms with Crippen LogP contribution in [0.3, 0.4) is 0 Å². The molecule has 2 aromatic heterocycles. The van der Waals surface area contributed by atoms with Crippen molar-refractivity contribution in [3.05, 3.63) is 48.4 Å². The Morgan fingerprint density at radius 3 is 2.69 bits per heavy atom. The van der Waals surface area contributed by atoms with Crippen LogP contribution in [0.5, 0.6) is 11.8 Å². The number of rotatable bonds is 9. The van der Waals surface area contributed by atoms with Crippen molar-refractivity contribution in [2.45, 2.75) is 37.6 Å². The van der Waals surface area contributed by atoms with Gasteiger partial charge in [-0.15, -0.1) is 0 Å². The summed E-state index contributed by atoms with van der Waals surface area (Å²) in [5.41, 5.74) is 0.806. The van der Waals surface area contributed by atoms with E-state index in [2.05, 4.69) is 14.9 Å². The fraction of sp³-hybridized carbons (Fsp3) is 0.433. The first-order valence-corrected chi connectivity index (χ1v) is 13.7. The van der Waals surface area contributed by atoms with Gasteiger partial charge in [0.25, 0.3) is 0 Å². The minimum absolute atomic E-state index is 0.0191. The number of phenols is 1. The number of ether oxygens (including phenoxy) is 2. The van der Waals surface area contributed by atoms with E-state index < -0.39 is 5.82 Å². The topological polar surface area (TPSA) is 83.8 Å².